The van der Waals surface area contributed by atoms with E-state index < -0.39 is 0 Å². The quantitative estimate of drug-likeness (QED) is 0.707. The van der Waals surface area contributed by atoms with Gasteiger partial charge >= 0.3 is 5.97 Å². The molecule has 5 heteroatoms. The van der Waals surface area contributed by atoms with E-state index in [0.717, 1.165) is 24.3 Å². The highest BCUT2D eigenvalue weighted by Gasteiger charge is 2.08. The van der Waals surface area contributed by atoms with Gasteiger partial charge in [-0.15, -0.1) is 11.3 Å². The van der Waals surface area contributed by atoms with Crippen LogP contribution < -0.4 is 5.32 Å². The molecule has 0 saturated carbocycles. The van der Waals surface area contributed by atoms with Crippen molar-refractivity contribution < 1.29 is 14.6 Å². The third kappa shape index (κ3) is 5.16. The summed E-state index contributed by atoms with van der Waals surface area (Å²) in [7, 11) is 1.40. The van der Waals surface area contributed by atoms with Crippen molar-refractivity contribution in [1.29, 1.82) is 0 Å². The molecule has 1 heterocycles. The van der Waals surface area contributed by atoms with Crippen molar-refractivity contribution in [1.82, 2.24) is 5.32 Å². The molecular formula is C13H21NO3S. The number of aliphatic hydroxyl groups excluding tert-OH is 1. The lowest BCUT2D eigenvalue weighted by atomic mass is 10.1. The Morgan fingerprint density at radius 1 is 1.50 bits per heavy atom. The SMILES string of the molecule is CCC(CCO)NCc1ccc(CC(=O)OC)s1. The fraction of sp³-hybridized carbons (Fsp3) is 0.615. The van der Waals surface area contributed by atoms with Crippen LogP contribution >= 0.6 is 11.3 Å². The van der Waals surface area contributed by atoms with Gasteiger partial charge < -0.3 is 15.2 Å². The van der Waals surface area contributed by atoms with Crippen LogP contribution in [0.2, 0.25) is 0 Å². The highest BCUT2D eigenvalue weighted by molar-refractivity contribution is 7.12. The summed E-state index contributed by atoms with van der Waals surface area (Å²) >= 11 is 1.62. The minimum atomic E-state index is -0.205. The lowest BCUT2D eigenvalue weighted by Crippen LogP contribution is -2.28. The first-order valence-corrected chi connectivity index (χ1v) is 6.99. The van der Waals surface area contributed by atoms with E-state index in [4.69, 9.17) is 5.11 Å². The van der Waals surface area contributed by atoms with Crippen LogP contribution in [-0.2, 0) is 22.5 Å². The van der Waals surface area contributed by atoms with Crippen molar-refractivity contribution in [3.05, 3.63) is 21.9 Å². The van der Waals surface area contributed by atoms with E-state index in [9.17, 15) is 4.79 Å². The molecule has 0 aliphatic rings. The Kier molecular flexibility index (Phi) is 6.93. The average Bonchev–Trinajstić information content (AvgIpc) is 2.81. The number of methoxy groups -OCH3 is 1. The van der Waals surface area contributed by atoms with Gasteiger partial charge in [0.2, 0.25) is 0 Å². The molecule has 0 spiro atoms. The van der Waals surface area contributed by atoms with Gasteiger partial charge in [-0.2, -0.15) is 0 Å². The van der Waals surface area contributed by atoms with Crippen LogP contribution in [0, 0.1) is 0 Å². The van der Waals surface area contributed by atoms with Crippen molar-refractivity contribution in [3.8, 4) is 0 Å². The highest BCUT2D eigenvalue weighted by atomic mass is 32.1. The van der Waals surface area contributed by atoms with Crippen molar-refractivity contribution in [2.45, 2.75) is 38.8 Å². The van der Waals surface area contributed by atoms with Crippen LogP contribution in [0.4, 0.5) is 0 Å². The summed E-state index contributed by atoms with van der Waals surface area (Å²) in [4.78, 5) is 13.4. The number of hydrogen-bond donors (Lipinski definition) is 2. The molecule has 1 aromatic rings. The van der Waals surface area contributed by atoms with E-state index >= 15 is 0 Å². The largest absolute Gasteiger partial charge is 0.469 e. The number of carbonyl (C=O) groups is 1. The van der Waals surface area contributed by atoms with Gasteiger partial charge in [-0.1, -0.05) is 6.92 Å². The second kappa shape index (κ2) is 8.24. The Bertz CT molecular complexity index is 365. The fourth-order valence-electron chi connectivity index (χ4n) is 1.68. The minimum Gasteiger partial charge on any atom is -0.469 e. The summed E-state index contributed by atoms with van der Waals surface area (Å²) in [5, 5.41) is 12.3. The molecular weight excluding hydrogens is 250 g/mol. The van der Waals surface area contributed by atoms with Crippen molar-refractivity contribution in [3.63, 3.8) is 0 Å². The zero-order chi connectivity index (χ0) is 13.4. The predicted octanol–water partition coefficient (Wildman–Crippen LogP) is 1.71. The number of thiophene rings is 1. The maximum absolute atomic E-state index is 11.1. The van der Waals surface area contributed by atoms with Crippen LogP contribution in [0.1, 0.15) is 29.5 Å². The number of aliphatic hydroxyl groups is 1. The molecule has 0 saturated heterocycles. The molecule has 0 aliphatic heterocycles. The zero-order valence-electron chi connectivity index (χ0n) is 10.9. The first-order chi connectivity index (χ1) is 8.69. The van der Waals surface area contributed by atoms with Crippen LogP contribution in [0.25, 0.3) is 0 Å². The molecule has 2 N–H and O–H groups in total. The maximum Gasteiger partial charge on any atom is 0.310 e. The molecule has 18 heavy (non-hydrogen) atoms. The first-order valence-electron chi connectivity index (χ1n) is 6.18. The summed E-state index contributed by atoms with van der Waals surface area (Å²) in [5.74, 6) is -0.205. The number of carbonyl (C=O) groups excluding carboxylic acids is 1. The lowest BCUT2D eigenvalue weighted by Gasteiger charge is -2.14. The number of esters is 1. The molecule has 0 aliphatic carbocycles. The Hall–Kier alpha value is -0.910. The third-order valence-corrected chi connectivity index (χ3v) is 3.88. The van der Waals surface area contributed by atoms with Gasteiger partial charge in [0.25, 0.3) is 0 Å². The monoisotopic (exact) mass is 271 g/mol. The van der Waals surface area contributed by atoms with Crippen LogP contribution in [0.15, 0.2) is 12.1 Å². The van der Waals surface area contributed by atoms with Gasteiger partial charge in [-0.25, -0.2) is 0 Å². The average molecular weight is 271 g/mol. The van der Waals surface area contributed by atoms with Gasteiger partial charge in [0.15, 0.2) is 0 Å². The normalized spacial score (nSPS) is 12.4. The number of nitrogens with one attached hydrogen (secondary N) is 1. The van der Waals surface area contributed by atoms with E-state index in [2.05, 4.69) is 17.0 Å². The minimum absolute atomic E-state index is 0.205. The summed E-state index contributed by atoms with van der Waals surface area (Å²) in [6, 6.07) is 4.34. The Morgan fingerprint density at radius 2 is 2.22 bits per heavy atom. The van der Waals surface area contributed by atoms with Gasteiger partial charge in [0, 0.05) is 28.9 Å². The molecule has 1 atom stereocenters. The molecule has 102 valence electrons. The number of ether oxygens (including phenoxy) is 1. The van der Waals surface area contributed by atoms with E-state index in [1.807, 2.05) is 12.1 Å². The summed E-state index contributed by atoms with van der Waals surface area (Å²) in [6.07, 6.45) is 2.12. The summed E-state index contributed by atoms with van der Waals surface area (Å²) in [5.41, 5.74) is 0. The molecule has 0 aromatic carbocycles. The summed E-state index contributed by atoms with van der Waals surface area (Å²) < 4.78 is 4.64. The van der Waals surface area contributed by atoms with E-state index in [-0.39, 0.29) is 12.6 Å². The van der Waals surface area contributed by atoms with Crippen molar-refractivity contribution >= 4 is 17.3 Å². The van der Waals surface area contributed by atoms with E-state index in [0.29, 0.717) is 12.5 Å². The first kappa shape index (κ1) is 15.1. The standard InChI is InChI=1S/C13H21NO3S/c1-3-10(6-7-15)14-9-12-5-4-11(18-12)8-13(16)17-2/h4-5,10,14-15H,3,6-9H2,1-2H3. The van der Waals surface area contributed by atoms with Crippen molar-refractivity contribution in [2.75, 3.05) is 13.7 Å². The molecule has 0 amide bonds. The van der Waals surface area contributed by atoms with Crippen molar-refractivity contribution in [2.24, 2.45) is 0 Å². The van der Waals surface area contributed by atoms with Crippen LogP contribution in [0.5, 0.6) is 0 Å². The Balaban J connectivity index is 2.41. The van der Waals surface area contributed by atoms with E-state index in [1.54, 1.807) is 11.3 Å². The molecule has 0 radical (unpaired) electrons. The van der Waals surface area contributed by atoms with Gasteiger partial charge in [0.05, 0.1) is 13.5 Å². The van der Waals surface area contributed by atoms with Gasteiger partial charge in [-0.3, -0.25) is 4.79 Å². The topological polar surface area (TPSA) is 58.6 Å². The molecule has 1 rings (SSSR count). The smallest absolute Gasteiger partial charge is 0.310 e. The fourth-order valence-corrected chi connectivity index (χ4v) is 2.63. The summed E-state index contributed by atoms with van der Waals surface area (Å²) in [6.45, 7) is 3.10. The number of hydrogen-bond acceptors (Lipinski definition) is 5. The molecule has 1 unspecified atom stereocenters. The van der Waals surface area contributed by atoms with Gasteiger partial charge in [0.1, 0.15) is 0 Å². The zero-order valence-corrected chi connectivity index (χ0v) is 11.8. The van der Waals surface area contributed by atoms with Crippen LogP contribution in [0.3, 0.4) is 0 Å². The maximum atomic E-state index is 11.1. The lowest BCUT2D eigenvalue weighted by molar-refractivity contribution is -0.139. The third-order valence-electron chi connectivity index (χ3n) is 2.80. The highest BCUT2D eigenvalue weighted by Crippen LogP contribution is 2.17. The molecule has 0 bridgehead atoms. The van der Waals surface area contributed by atoms with Gasteiger partial charge in [-0.05, 0) is 25.0 Å². The second-order valence-electron chi connectivity index (χ2n) is 4.12. The Morgan fingerprint density at radius 3 is 2.83 bits per heavy atom. The molecule has 4 nitrogen and oxygen atoms in total. The predicted molar refractivity (Wildman–Crippen MR) is 72.7 cm³/mol. The number of rotatable bonds is 8. The van der Waals surface area contributed by atoms with E-state index in [1.165, 1.54) is 12.0 Å². The van der Waals surface area contributed by atoms with Crippen LogP contribution in [-0.4, -0.2) is 30.8 Å². The molecule has 1 aromatic heterocycles. The molecule has 0 fully saturated rings. The second-order valence-corrected chi connectivity index (χ2v) is 5.37. The Labute approximate surface area is 112 Å².